The van der Waals surface area contributed by atoms with Gasteiger partial charge >= 0.3 is 0 Å². The fraction of sp³-hybridized carbons (Fsp3) is 0.440. The highest BCUT2D eigenvalue weighted by Gasteiger charge is 2.32. The third-order valence-electron chi connectivity index (χ3n) is 6.81. The van der Waals surface area contributed by atoms with Gasteiger partial charge in [0.2, 0.25) is 5.91 Å². The van der Waals surface area contributed by atoms with E-state index in [9.17, 15) is 4.79 Å². The van der Waals surface area contributed by atoms with Crippen LogP contribution >= 0.6 is 11.5 Å². The molecule has 1 aromatic heterocycles. The molecule has 0 unspecified atom stereocenters. The number of hydrogen-bond donors (Lipinski definition) is 1. The Morgan fingerprint density at radius 3 is 2.71 bits per heavy atom. The van der Waals surface area contributed by atoms with Crippen LogP contribution in [0.15, 0.2) is 36.4 Å². The Hall–Kier alpha value is -2.44. The standard InChI is InChI=1S/C25H30N4OS/c1-17-14-21-20(25(2,3)16-23(30)26-21)15-18(17)8-9-28-10-12-29(13-11-28)24-19-6-4-5-7-22(19)31-27-24/h4-7,14-15H,8-13,16H2,1-3H3,(H,26,30). The highest BCUT2D eigenvalue weighted by atomic mass is 32.1. The number of amides is 1. The lowest BCUT2D eigenvalue weighted by Crippen LogP contribution is -2.47. The van der Waals surface area contributed by atoms with Crippen LogP contribution in [-0.4, -0.2) is 47.9 Å². The zero-order valence-electron chi connectivity index (χ0n) is 18.6. The number of hydrogen-bond acceptors (Lipinski definition) is 5. The van der Waals surface area contributed by atoms with E-state index >= 15 is 0 Å². The second-order valence-electron chi connectivity index (χ2n) is 9.51. The third-order valence-corrected chi connectivity index (χ3v) is 7.63. The Kier molecular flexibility index (Phi) is 5.22. The lowest BCUT2D eigenvalue weighted by Gasteiger charge is -2.35. The molecule has 2 aromatic carbocycles. The maximum Gasteiger partial charge on any atom is 0.225 e. The molecule has 6 heteroatoms. The highest BCUT2D eigenvalue weighted by Crippen LogP contribution is 2.38. The molecule has 0 atom stereocenters. The van der Waals surface area contributed by atoms with Crippen LogP contribution in [-0.2, 0) is 16.6 Å². The average molecular weight is 435 g/mol. The monoisotopic (exact) mass is 434 g/mol. The van der Waals surface area contributed by atoms with E-state index in [1.165, 1.54) is 26.8 Å². The Labute approximate surface area is 188 Å². The van der Waals surface area contributed by atoms with E-state index in [4.69, 9.17) is 4.37 Å². The molecule has 162 valence electrons. The van der Waals surface area contributed by atoms with Crippen LogP contribution in [0.4, 0.5) is 11.5 Å². The first-order valence-corrected chi connectivity index (χ1v) is 11.9. The van der Waals surface area contributed by atoms with Crippen LogP contribution in [0.1, 0.15) is 37.0 Å². The van der Waals surface area contributed by atoms with Crippen molar-refractivity contribution in [3.63, 3.8) is 0 Å². The summed E-state index contributed by atoms with van der Waals surface area (Å²) in [5, 5.41) is 4.34. The van der Waals surface area contributed by atoms with E-state index in [2.05, 4.69) is 72.3 Å². The largest absolute Gasteiger partial charge is 0.353 e. The molecule has 2 aliphatic rings. The number of anilines is 2. The second kappa shape index (κ2) is 7.92. The van der Waals surface area contributed by atoms with Crippen LogP contribution in [0.2, 0.25) is 0 Å². The van der Waals surface area contributed by atoms with Gasteiger partial charge in [-0.1, -0.05) is 32.0 Å². The molecule has 0 saturated carbocycles. The Bertz CT molecular complexity index is 1130. The summed E-state index contributed by atoms with van der Waals surface area (Å²) in [6.45, 7) is 11.8. The first-order valence-electron chi connectivity index (χ1n) is 11.2. The first-order chi connectivity index (χ1) is 14.9. The summed E-state index contributed by atoms with van der Waals surface area (Å²) >= 11 is 1.60. The van der Waals surface area contributed by atoms with Gasteiger partial charge in [-0.3, -0.25) is 9.69 Å². The number of nitrogens with zero attached hydrogens (tertiary/aromatic N) is 3. The summed E-state index contributed by atoms with van der Waals surface area (Å²) in [5.74, 6) is 1.27. The second-order valence-corrected chi connectivity index (χ2v) is 10.3. The predicted octanol–water partition coefficient (Wildman–Crippen LogP) is 4.59. The van der Waals surface area contributed by atoms with Gasteiger partial charge in [0.1, 0.15) is 5.82 Å². The number of aryl methyl sites for hydroxylation is 1. The van der Waals surface area contributed by atoms with Gasteiger partial charge < -0.3 is 10.2 Å². The molecule has 2 aliphatic heterocycles. The van der Waals surface area contributed by atoms with Gasteiger partial charge in [-0.15, -0.1) is 0 Å². The normalized spacial score (nSPS) is 18.8. The first kappa shape index (κ1) is 20.5. The predicted molar refractivity (Wildman–Crippen MR) is 129 cm³/mol. The number of aromatic nitrogens is 1. The van der Waals surface area contributed by atoms with Crippen molar-refractivity contribution in [2.75, 3.05) is 42.9 Å². The van der Waals surface area contributed by atoms with Crippen molar-refractivity contribution in [1.29, 1.82) is 0 Å². The van der Waals surface area contributed by atoms with E-state index in [1.54, 1.807) is 11.5 Å². The highest BCUT2D eigenvalue weighted by molar-refractivity contribution is 7.13. The Balaban J connectivity index is 1.23. The Morgan fingerprint density at radius 2 is 1.90 bits per heavy atom. The number of carbonyl (C=O) groups is 1. The molecule has 1 saturated heterocycles. The molecule has 5 nitrogen and oxygen atoms in total. The van der Waals surface area contributed by atoms with E-state index in [0.717, 1.165) is 50.6 Å². The van der Waals surface area contributed by atoms with Crippen LogP contribution in [0.5, 0.6) is 0 Å². The smallest absolute Gasteiger partial charge is 0.225 e. The molecule has 1 N–H and O–H groups in total. The fourth-order valence-electron chi connectivity index (χ4n) is 4.94. The quantitative estimate of drug-likeness (QED) is 0.653. The minimum Gasteiger partial charge on any atom is -0.353 e. The molecular weight excluding hydrogens is 404 g/mol. The van der Waals surface area contributed by atoms with Crippen LogP contribution in [0.3, 0.4) is 0 Å². The number of benzene rings is 2. The van der Waals surface area contributed by atoms with E-state index in [-0.39, 0.29) is 11.3 Å². The number of fused-ring (bicyclic) bond motifs is 2. The maximum absolute atomic E-state index is 12.0. The van der Waals surface area contributed by atoms with Gasteiger partial charge in [0.25, 0.3) is 0 Å². The van der Waals surface area contributed by atoms with Crippen molar-refractivity contribution in [2.45, 2.75) is 39.0 Å². The van der Waals surface area contributed by atoms with Crippen LogP contribution in [0.25, 0.3) is 10.1 Å². The lowest BCUT2D eigenvalue weighted by molar-refractivity contribution is -0.117. The molecular formula is C25H30N4OS. The third kappa shape index (κ3) is 3.94. The fourth-order valence-corrected chi connectivity index (χ4v) is 5.73. The van der Waals surface area contributed by atoms with Crippen molar-refractivity contribution < 1.29 is 4.79 Å². The molecule has 5 rings (SSSR count). The summed E-state index contributed by atoms with van der Waals surface area (Å²) in [7, 11) is 0. The Morgan fingerprint density at radius 1 is 1.13 bits per heavy atom. The minimum atomic E-state index is -0.109. The summed E-state index contributed by atoms with van der Waals surface area (Å²) in [4.78, 5) is 17.0. The van der Waals surface area contributed by atoms with Crippen molar-refractivity contribution in [3.05, 3.63) is 53.1 Å². The van der Waals surface area contributed by atoms with Crippen molar-refractivity contribution in [3.8, 4) is 0 Å². The SMILES string of the molecule is Cc1cc2c(cc1CCN1CCN(c3nsc4ccccc34)CC1)C(C)(C)CC(=O)N2. The molecule has 1 fully saturated rings. The number of nitrogens with one attached hydrogen (secondary N) is 1. The molecule has 0 radical (unpaired) electrons. The van der Waals surface area contributed by atoms with E-state index in [0.29, 0.717) is 6.42 Å². The zero-order valence-corrected chi connectivity index (χ0v) is 19.4. The van der Waals surface area contributed by atoms with Crippen LogP contribution in [0, 0.1) is 6.92 Å². The van der Waals surface area contributed by atoms with Gasteiger partial charge in [-0.25, -0.2) is 0 Å². The molecule has 3 aromatic rings. The molecule has 0 spiro atoms. The van der Waals surface area contributed by atoms with Crippen molar-refractivity contribution in [1.82, 2.24) is 9.27 Å². The van der Waals surface area contributed by atoms with Gasteiger partial charge in [-0.2, -0.15) is 4.37 Å². The van der Waals surface area contributed by atoms with E-state index in [1.807, 2.05) is 0 Å². The van der Waals surface area contributed by atoms with Gasteiger partial charge in [-0.05, 0) is 59.8 Å². The van der Waals surface area contributed by atoms with E-state index < -0.39 is 0 Å². The van der Waals surface area contributed by atoms with Gasteiger partial charge in [0, 0.05) is 55.6 Å². The number of rotatable bonds is 4. The summed E-state index contributed by atoms with van der Waals surface area (Å²) < 4.78 is 5.99. The number of carbonyl (C=O) groups excluding carboxylic acids is 1. The zero-order chi connectivity index (χ0) is 21.6. The van der Waals surface area contributed by atoms with Crippen molar-refractivity contribution in [2.24, 2.45) is 0 Å². The molecule has 1 amide bonds. The van der Waals surface area contributed by atoms with Crippen LogP contribution < -0.4 is 10.2 Å². The van der Waals surface area contributed by atoms with Crippen molar-refractivity contribution >= 4 is 39.0 Å². The topological polar surface area (TPSA) is 48.5 Å². The minimum absolute atomic E-state index is 0.109. The van der Waals surface area contributed by atoms with Gasteiger partial charge in [0.15, 0.2) is 0 Å². The molecule has 0 bridgehead atoms. The molecule has 31 heavy (non-hydrogen) atoms. The lowest BCUT2D eigenvalue weighted by atomic mass is 9.76. The summed E-state index contributed by atoms with van der Waals surface area (Å²) in [5.41, 5.74) is 4.82. The molecule has 0 aliphatic carbocycles. The number of piperazine rings is 1. The molecule has 3 heterocycles. The summed E-state index contributed by atoms with van der Waals surface area (Å²) in [6.07, 6.45) is 1.60. The maximum atomic E-state index is 12.0. The average Bonchev–Trinajstić information content (AvgIpc) is 3.16. The summed E-state index contributed by atoms with van der Waals surface area (Å²) in [6, 6.07) is 13.0. The van der Waals surface area contributed by atoms with Gasteiger partial charge in [0.05, 0.1) is 4.70 Å².